The van der Waals surface area contributed by atoms with Gasteiger partial charge in [-0.1, -0.05) is 0 Å². The van der Waals surface area contributed by atoms with Crippen LogP contribution in [0.1, 0.15) is 27.7 Å². The molecule has 0 saturated carbocycles. The summed E-state index contributed by atoms with van der Waals surface area (Å²) in [5.41, 5.74) is -0.354. The molecule has 1 amide bonds. The number of hydrogen-bond donors (Lipinski definition) is 0. The summed E-state index contributed by atoms with van der Waals surface area (Å²) in [6, 6.07) is 1.11. The lowest BCUT2D eigenvalue weighted by Gasteiger charge is -2.31. The van der Waals surface area contributed by atoms with E-state index in [0.29, 0.717) is 0 Å². The lowest BCUT2D eigenvalue weighted by Crippen LogP contribution is -2.45. The normalized spacial score (nSPS) is 20.9. The Morgan fingerprint density at radius 1 is 1.55 bits per heavy atom. The van der Waals surface area contributed by atoms with Gasteiger partial charge in [0.15, 0.2) is 0 Å². The molecule has 0 aliphatic carbocycles. The molecule has 0 bridgehead atoms. The molecular formula is C13H18FN3O3. The summed E-state index contributed by atoms with van der Waals surface area (Å²) in [4.78, 5) is 20.1. The zero-order valence-electron chi connectivity index (χ0n) is 12.0. The maximum Gasteiger partial charge on any atom is 0.416 e. The number of amides is 1. The van der Waals surface area contributed by atoms with Crippen molar-refractivity contribution in [3.05, 3.63) is 18.3 Å². The van der Waals surface area contributed by atoms with Crippen molar-refractivity contribution in [3.8, 4) is 0 Å². The Morgan fingerprint density at radius 3 is 2.85 bits per heavy atom. The third-order valence-corrected chi connectivity index (χ3v) is 2.85. The number of aromatic nitrogens is 2. The van der Waals surface area contributed by atoms with Crippen LogP contribution in [0.2, 0.25) is 0 Å². The molecule has 0 N–H and O–H groups in total. The smallest absolute Gasteiger partial charge is 0.416 e. The maximum absolute atomic E-state index is 13.1. The van der Waals surface area contributed by atoms with E-state index in [1.165, 1.54) is 17.2 Å². The van der Waals surface area contributed by atoms with Gasteiger partial charge in [-0.2, -0.15) is 9.37 Å². The van der Waals surface area contributed by atoms with Crippen LogP contribution in [0.5, 0.6) is 0 Å². The number of anilines is 1. The van der Waals surface area contributed by atoms with Gasteiger partial charge in [-0.3, -0.25) is 4.90 Å². The molecule has 1 saturated heterocycles. The molecule has 7 heteroatoms. The third kappa shape index (κ3) is 3.22. The second kappa shape index (κ2) is 5.32. The molecule has 0 unspecified atom stereocenters. The van der Waals surface area contributed by atoms with Crippen molar-refractivity contribution in [1.82, 2.24) is 9.97 Å². The number of nitrogens with zero attached hydrogens (tertiary/aromatic N) is 3. The van der Waals surface area contributed by atoms with Gasteiger partial charge in [0, 0.05) is 6.20 Å². The van der Waals surface area contributed by atoms with E-state index < -0.39 is 12.2 Å². The molecule has 2 rings (SSSR count). The first-order valence-electron chi connectivity index (χ1n) is 6.40. The van der Waals surface area contributed by atoms with Gasteiger partial charge >= 0.3 is 12.2 Å². The number of ether oxygens (including phenoxy) is 2. The molecular weight excluding hydrogens is 265 g/mol. The van der Waals surface area contributed by atoms with Crippen molar-refractivity contribution in [3.63, 3.8) is 0 Å². The summed E-state index contributed by atoms with van der Waals surface area (Å²) in [6.45, 7) is 7.81. The second-order valence-corrected chi connectivity index (χ2v) is 5.63. The van der Waals surface area contributed by atoms with Crippen LogP contribution in [-0.4, -0.2) is 40.4 Å². The Labute approximate surface area is 116 Å². The highest BCUT2D eigenvalue weighted by atomic mass is 19.1. The first-order chi connectivity index (χ1) is 9.28. The molecule has 1 aromatic heterocycles. The Balaban J connectivity index is 2.23. The number of carbonyl (C=O) groups is 1. The van der Waals surface area contributed by atoms with Crippen LogP contribution in [0.25, 0.3) is 0 Å². The van der Waals surface area contributed by atoms with E-state index in [2.05, 4.69) is 9.97 Å². The summed E-state index contributed by atoms with van der Waals surface area (Å²) in [7, 11) is 0. The van der Waals surface area contributed by atoms with Crippen LogP contribution in [0.3, 0.4) is 0 Å². The zero-order chi connectivity index (χ0) is 14.9. The van der Waals surface area contributed by atoms with Gasteiger partial charge in [-0.05, 0) is 33.8 Å². The van der Waals surface area contributed by atoms with Crippen molar-refractivity contribution in [1.29, 1.82) is 0 Å². The summed E-state index contributed by atoms with van der Waals surface area (Å²) >= 11 is 0. The molecule has 1 fully saturated rings. The van der Waals surface area contributed by atoms with Crippen molar-refractivity contribution in [2.45, 2.75) is 45.4 Å². The van der Waals surface area contributed by atoms with Crippen LogP contribution in [0, 0.1) is 6.08 Å². The van der Waals surface area contributed by atoms with E-state index in [4.69, 9.17) is 9.47 Å². The average Bonchev–Trinajstić information content (AvgIpc) is 2.69. The predicted octanol–water partition coefficient (Wildman–Crippen LogP) is 2.14. The molecule has 6 nitrogen and oxygen atoms in total. The lowest BCUT2D eigenvalue weighted by molar-refractivity contribution is -0.0618. The molecule has 1 aromatic rings. The van der Waals surface area contributed by atoms with Crippen LogP contribution in [-0.2, 0) is 9.47 Å². The summed E-state index contributed by atoms with van der Waals surface area (Å²) in [5, 5.41) is 0. The molecule has 2 heterocycles. The summed E-state index contributed by atoms with van der Waals surface area (Å²) < 4.78 is 24.0. The van der Waals surface area contributed by atoms with Crippen molar-refractivity contribution in [2.75, 3.05) is 11.5 Å². The highest BCUT2D eigenvalue weighted by Gasteiger charge is 2.40. The minimum absolute atomic E-state index is 0.175. The highest BCUT2D eigenvalue weighted by molar-refractivity contribution is 5.89. The molecule has 110 valence electrons. The fraction of sp³-hybridized carbons (Fsp3) is 0.615. The first-order valence-corrected chi connectivity index (χ1v) is 6.40. The number of hydrogen-bond acceptors (Lipinski definition) is 5. The number of halogens is 1. The Bertz CT molecular complexity index is 504. The fourth-order valence-electron chi connectivity index (χ4n) is 2.14. The molecule has 1 aliphatic rings. The summed E-state index contributed by atoms with van der Waals surface area (Å²) in [5.74, 6) is 0.175. The Kier molecular flexibility index (Phi) is 3.89. The highest BCUT2D eigenvalue weighted by Crippen LogP contribution is 2.25. The van der Waals surface area contributed by atoms with Gasteiger partial charge in [-0.25, -0.2) is 9.78 Å². The van der Waals surface area contributed by atoms with E-state index in [-0.39, 0.29) is 30.2 Å². The molecule has 0 aromatic carbocycles. The Morgan fingerprint density at radius 2 is 2.25 bits per heavy atom. The topological polar surface area (TPSA) is 64.6 Å². The zero-order valence-corrected chi connectivity index (χ0v) is 12.0. The number of carbonyl (C=O) groups excluding carboxylic acids is 1. The van der Waals surface area contributed by atoms with Gasteiger partial charge in [0.05, 0.1) is 11.7 Å². The second-order valence-electron chi connectivity index (χ2n) is 5.63. The predicted molar refractivity (Wildman–Crippen MR) is 69.9 cm³/mol. The average molecular weight is 283 g/mol. The minimum Gasteiger partial charge on any atom is -0.447 e. The SMILES string of the molecule is C[C@H](OC(C)(C)C)[C@H]1COC(=O)N1c1ccnc(F)n1. The van der Waals surface area contributed by atoms with E-state index in [0.717, 1.165) is 0 Å². The van der Waals surface area contributed by atoms with E-state index in [9.17, 15) is 9.18 Å². The van der Waals surface area contributed by atoms with Crippen molar-refractivity contribution < 1.29 is 18.7 Å². The van der Waals surface area contributed by atoms with E-state index >= 15 is 0 Å². The van der Waals surface area contributed by atoms with E-state index in [1.807, 2.05) is 27.7 Å². The van der Waals surface area contributed by atoms with Crippen LogP contribution < -0.4 is 4.90 Å². The Hall–Kier alpha value is -1.76. The fourth-order valence-corrected chi connectivity index (χ4v) is 2.14. The first kappa shape index (κ1) is 14.6. The third-order valence-electron chi connectivity index (χ3n) is 2.85. The molecule has 0 radical (unpaired) electrons. The van der Waals surface area contributed by atoms with Gasteiger partial charge in [-0.15, -0.1) is 0 Å². The summed E-state index contributed by atoms with van der Waals surface area (Å²) in [6.07, 6.45) is -0.461. The van der Waals surface area contributed by atoms with Crippen molar-refractivity contribution in [2.24, 2.45) is 0 Å². The number of rotatable bonds is 3. The van der Waals surface area contributed by atoms with Crippen LogP contribution in [0.15, 0.2) is 12.3 Å². The molecule has 1 aliphatic heterocycles. The number of cyclic esters (lactones) is 1. The maximum atomic E-state index is 13.1. The van der Waals surface area contributed by atoms with Crippen LogP contribution in [0.4, 0.5) is 15.0 Å². The molecule has 0 spiro atoms. The van der Waals surface area contributed by atoms with Crippen LogP contribution >= 0.6 is 0 Å². The monoisotopic (exact) mass is 283 g/mol. The van der Waals surface area contributed by atoms with E-state index in [1.54, 1.807) is 0 Å². The lowest BCUT2D eigenvalue weighted by atomic mass is 10.1. The van der Waals surface area contributed by atoms with Gasteiger partial charge in [0.2, 0.25) is 0 Å². The molecule has 20 heavy (non-hydrogen) atoms. The standard InChI is InChI=1S/C13H18FN3O3/c1-8(20-13(2,3)4)9-7-19-12(18)17(9)10-5-6-15-11(14)16-10/h5-6,8-9H,7H2,1-4H3/t8-,9+/m0/s1. The largest absolute Gasteiger partial charge is 0.447 e. The quantitative estimate of drug-likeness (QED) is 0.795. The van der Waals surface area contributed by atoms with Gasteiger partial charge < -0.3 is 9.47 Å². The van der Waals surface area contributed by atoms with Gasteiger partial charge in [0.1, 0.15) is 18.5 Å². The van der Waals surface area contributed by atoms with Gasteiger partial charge in [0.25, 0.3) is 0 Å². The molecule has 2 atom stereocenters. The van der Waals surface area contributed by atoms with Crippen molar-refractivity contribution >= 4 is 11.9 Å². The minimum atomic E-state index is -0.884.